The minimum Gasteiger partial charge on any atom is -0.315 e. The SMILES string of the molecule is Cc1cc(C)n(CC(=O)Nc2sc(Cc3cc(F)cc(Cl)c3)nc2C)n1. The monoisotopic (exact) mass is 392 g/mol. The molecule has 2 heterocycles. The van der Waals surface area contributed by atoms with Crippen LogP contribution in [0.2, 0.25) is 5.02 Å². The van der Waals surface area contributed by atoms with Gasteiger partial charge in [-0.2, -0.15) is 5.10 Å². The number of nitrogens with zero attached hydrogens (tertiary/aromatic N) is 3. The van der Waals surface area contributed by atoms with E-state index in [1.165, 1.54) is 23.5 Å². The predicted octanol–water partition coefficient (Wildman–Crippen LogP) is 4.29. The summed E-state index contributed by atoms with van der Waals surface area (Å²) < 4.78 is 15.1. The first-order chi connectivity index (χ1) is 12.3. The van der Waals surface area contributed by atoms with Gasteiger partial charge in [-0.05, 0) is 50.6 Å². The molecule has 0 radical (unpaired) electrons. The lowest BCUT2D eigenvalue weighted by atomic mass is 10.1. The summed E-state index contributed by atoms with van der Waals surface area (Å²) in [6, 6.07) is 6.34. The summed E-state index contributed by atoms with van der Waals surface area (Å²) in [5.41, 5.74) is 3.28. The Kier molecular flexibility index (Phi) is 5.38. The molecular weight excluding hydrogens is 375 g/mol. The highest BCUT2D eigenvalue weighted by Gasteiger charge is 2.13. The molecule has 0 saturated heterocycles. The molecule has 0 aliphatic heterocycles. The molecule has 3 aromatic rings. The van der Waals surface area contributed by atoms with Gasteiger partial charge in [-0.3, -0.25) is 9.48 Å². The third-order valence-electron chi connectivity index (χ3n) is 3.77. The Labute approximate surface area is 159 Å². The average Bonchev–Trinajstić information content (AvgIpc) is 3.00. The molecule has 1 amide bonds. The fraction of sp³-hybridized carbons (Fsp3) is 0.278. The van der Waals surface area contributed by atoms with Crippen LogP contribution in [0.3, 0.4) is 0 Å². The molecule has 8 heteroatoms. The van der Waals surface area contributed by atoms with Crippen molar-refractivity contribution in [2.45, 2.75) is 33.7 Å². The van der Waals surface area contributed by atoms with Crippen LogP contribution in [0, 0.1) is 26.6 Å². The zero-order valence-corrected chi connectivity index (χ0v) is 16.2. The van der Waals surface area contributed by atoms with E-state index in [-0.39, 0.29) is 18.3 Å². The van der Waals surface area contributed by atoms with Crippen LogP contribution in [0.1, 0.15) is 27.7 Å². The van der Waals surface area contributed by atoms with E-state index in [0.29, 0.717) is 16.4 Å². The Morgan fingerprint density at radius 2 is 2.04 bits per heavy atom. The zero-order chi connectivity index (χ0) is 18.8. The minimum absolute atomic E-state index is 0.145. The van der Waals surface area contributed by atoms with Gasteiger partial charge >= 0.3 is 0 Å². The molecule has 5 nitrogen and oxygen atoms in total. The molecule has 0 bridgehead atoms. The van der Waals surface area contributed by atoms with Crippen molar-refractivity contribution in [2.24, 2.45) is 0 Å². The molecule has 0 fully saturated rings. The van der Waals surface area contributed by atoms with Crippen LogP contribution in [-0.2, 0) is 17.8 Å². The highest BCUT2D eigenvalue weighted by molar-refractivity contribution is 7.16. The summed E-state index contributed by atoms with van der Waals surface area (Å²) in [6.07, 6.45) is 0.455. The van der Waals surface area contributed by atoms with Crippen molar-refractivity contribution in [2.75, 3.05) is 5.32 Å². The molecule has 0 spiro atoms. The maximum absolute atomic E-state index is 13.5. The lowest BCUT2D eigenvalue weighted by Gasteiger charge is -2.05. The molecule has 1 N–H and O–H groups in total. The number of halogens is 2. The van der Waals surface area contributed by atoms with Gasteiger partial charge in [-0.1, -0.05) is 11.6 Å². The fourth-order valence-corrected chi connectivity index (χ4v) is 3.93. The molecule has 0 aliphatic carbocycles. The molecule has 0 saturated carbocycles. The van der Waals surface area contributed by atoms with Crippen molar-refractivity contribution in [1.29, 1.82) is 0 Å². The number of aromatic nitrogens is 3. The van der Waals surface area contributed by atoms with E-state index in [4.69, 9.17) is 11.6 Å². The zero-order valence-electron chi connectivity index (χ0n) is 14.6. The van der Waals surface area contributed by atoms with Crippen LogP contribution in [0.15, 0.2) is 24.3 Å². The van der Waals surface area contributed by atoms with Gasteiger partial charge in [-0.25, -0.2) is 9.37 Å². The van der Waals surface area contributed by atoms with Crippen LogP contribution in [-0.4, -0.2) is 20.7 Å². The van der Waals surface area contributed by atoms with Crippen molar-refractivity contribution in [3.05, 3.63) is 62.8 Å². The second-order valence-corrected chi connectivity index (χ2v) is 7.63. The van der Waals surface area contributed by atoms with Crippen LogP contribution >= 0.6 is 22.9 Å². The first-order valence-electron chi connectivity index (χ1n) is 8.02. The van der Waals surface area contributed by atoms with Crippen LogP contribution in [0.25, 0.3) is 0 Å². The van der Waals surface area contributed by atoms with Gasteiger partial charge < -0.3 is 5.32 Å². The Morgan fingerprint density at radius 1 is 1.27 bits per heavy atom. The van der Waals surface area contributed by atoms with E-state index in [9.17, 15) is 9.18 Å². The number of anilines is 1. The summed E-state index contributed by atoms with van der Waals surface area (Å²) in [6.45, 7) is 5.77. The van der Waals surface area contributed by atoms with Gasteiger partial charge in [0.05, 0.1) is 16.4 Å². The highest BCUT2D eigenvalue weighted by atomic mass is 35.5. The Hall–Kier alpha value is -2.25. The van der Waals surface area contributed by atoms with E-state index in [1.807, 2.05) is 26.8 Å². The van der Waals surface area contributed by atoms with Crippen molar-refractivity contribution in [3.63, 3.8) is 0 Å². The normalized spacial score (nSPS) is 11.0. The number of thiazole rings is 1. The van der Waals surface area contributed by atoms with E-state index < -0.39 is 0 Å². The molecule has 1 aromatic carbocycles. The third-order valence-corrected chi connectivity index (χ3v) is 5.06. The molecule has 0 aliphatic rings. The van der Waals surface area contributed by atoms with Gasteiger partial charge in [0, 0.05) is 17.1 Å². The Bertz CT molecular complexity index is 946. The number of aryl methyl sites for hydroxylation is 3. The minimum atomic E-state index is -0.376. The van der Waals surface area contributed by atoms with Gasteiger partial charge in [-0.15, -0.1) is 11.3 Å². The van der Waals surface area contributed by atoms with Gasteiger partial charge in [0.1, 0.15) is 17.4 Å². The average molecular weight is 393 g/mol. The summed E-state index contributed by atoms with van der Waals surface area (Å²) in [7, 11) is 0. The summed E-state index contributed by atoms with van der Waals surface area (Å²) >= 11 is 7.27. The molecule has 26 heavy (non-hydrogen) atoms. The van der Waals surface area contributed by atoms with E-state index in [0.717, 1.165) is 27.7 Å². The third kappa shape index (κ3) is 4.47. The summed E-state index contributed by atoms with van der Waals surface area (Å²) in [5.74, 6) is -0.539. The van der Waals surface area contributed by atoms with Crippen LogP contribution in [0.5, 0.6) is 0 Å². The molecule has 2 aromatic heterocycles. The van der Waals surface area contributed by atoms with Gasteiger partial charge in [0.2, 0.25) is 5.91 Å². The number of rotatable bonds is 5. The second-order valence-electron chi connectivity index (χ2n) is 6.11. The number of amides is 1. The molecule has 136 valence electrons. The second kappa shape index (κ2) is 7.55. The molecule has 3 rings (SSSR count). The van der Waals surface area contributed by atoms with Crippen molar-refractivity contribution < 1.29 is 9.18 Å². The molecular formula is C18H18ClFN4OS. The standard InChI is InChI=1S/C18H18ClFN4OS/c1-10-4-11(2)24(23-10)9-16(25)22-18-12(3)21-17(26-18)7-13-5-14(19)8-15(20)6-13/h4-6,8H,7,9H2,1-3H3,(H,22,25). The number of nitrogens with one attached hydrogen (secondary N) is 1. The number of benzene rings is 1. The van der Waals surface area contributed by atoms with Crippen LogP contribution < -0.4 is 5.32 Å². The van der Waals surface area contributed by atoms with E-state index in [2.05, 4.69) is 15.4 Å². The van der Waals surface area contributed by atoms with Crippen molar-refractivity contribution in [1.82, 2.24) is 14.8 Å². The van der Waals surface area contributed by atoms with Crippen molar-refractivity contribution in [3.8, 4) is 0 Å². The summed E-state index contributed by atoms with van der Waals surface area (Å²) in [4.78, 5) is 16.8. The number of hydrogen-bond acceptors (Lipinski definition) is 4. The maximum Gasteiger partial charge on any atom is 0.246 e. The predicted molar refractivity (Wildman–Crippen MR) is 101 cm³/mol. The molecule has 0 atom stereocenters. The largest absolute Gasteiger partial charge is 0.315 e. The highest BCUT2D eigenvalue weighted by Crippen LogP contribution is 2.27. The number of carbonyl (C=O) groups excluding carboxylic acids is 1. The lowest BCUT2D eigenvalue weighted by Crippen LogP contribution is -2.20. The van der Waals surface area contributed by atoms with Gasteiger partial charge in [0.25, 0.3) is 0 Å². The Balaban J connectivity index is 1.69. The number of hydrogen-bond donors (Lipinski definition) is 1. The maximum atomic E-state index is 13.5. The smallest absolute Gasteiger partial charge is 0.246 e. The summed E-state index contributed by atoms with van der Waals surface area (Å²) in [5, 5.41) is 8.99. The quantitative estimate of drug-likeness (QED) is 0.704. The number of carbonyl (C=O) groups is 1. The molecule has 0 unspecified atom stereocenters. The Morgan fingerprint density at radius 3 is 2.69 bits per heavy atom. The fourth-order valence-electron chi connectivity index (χ4n) is 2.67. The van der Waals surface area contributed by atoms with Crippen molar-refractivity contribution >= 4 is 33.8 Å². The lowest BCUT2D eigenvalue weighted by molar-refractivity contribution is -0.116. The topological polar surface area (TPSA) is 59.8 Å². The van der Waals surface area contributed by atoms with Gasteiger partial charge in [0.15, 0.2) is 0 Å². The first kappa shape index (κ1) is 18.5. The van der Waals surface area contributed by atoms with E-state index >= 15 is 0 Å². The van der Waals surface area contributed by atoms with Crippen LogP contribution in [0.4, 0.5) is 9.39 Å². The first-order valence-corrected chi connectivity index (χ1v) is 9.22. The van der Waals surface area contributed by atoms with E-state index in [1.54, 1.807) is 10.7 Å².